The SMILES string of the molecule is CN=C(NCc1ccc(Br)cc1F)N(C)Cc1cccn1C.I. The Morgan fingerprint density at radius 1 is 1.39 bits per heavy atom. The van der Waals surface area contributed by atoms with Gasteiger partial charge in [0.15, 0.2) is 5.96 Å². The standard InChI is InChI=1S/C16H20BrFN4.HI/c1-19-16(22(3)11-14-5-4-8-21(14)2)20-10-12-6-7-13(17)9-15(12)18;/h4-9H,10-11H2,1-3H3,(H,19,20);1H. The molecule has 2 aromatic rings. The van der Waals surface area contributed by atoms with Gasteiger partial charge in [-0.25, -0.2) is 4.39 Å². The van der Waals surface area contributed by atoms with Crippen LogP contribution in [0.4, 0.5) is 4.39 Å². The molecule has 1 heterocycles. The number of aryl methyl sites for hydroxylation is 1. The van der Waals surface area contributed by atoms with Crippen LogP contribution in [0.25, 0.3) is 0 Å². The smallest absolute Gasteiger partial charge is 0.194 e. The predicted molar refractivity (Wildman–Crippen MR) is 107 cm³/mol. The summed E-state index contributed by atoms with van der Waals surface area (Å²) in [5, 5.41) is 3.19. The van der Waals surface area contributed by atoms with Crippen molar-refractivity contribution in [2.45, 2.75) is 13.1 Å². The van der Waals surface area contributed by atoms with Crippen LogP contribution in [0.2, 0.25) is 0 Å². The van der Waals surface area contributed by atoms with Crippen LogP contribution in [0.15, 0.2) is 46.0 Å². The molecule has 0 amide bonds. The number of benzene rings is 1. The van der Waals surface area contributed by atoms with Crippen molar-refractivity contribution in [3.63, 3.8) is 0 Å². The van der Waals surface area contributed by atoms with Crippen LogP contribution >= 0.6 is 39.9 Å². The Labute approximate surface area is 161 Å². The van der Waals surface area contributed by atoms with E-state index in [2.05, 4.69) is 36.9 Å². The van der Waals surface area contributed by atoms with Crippen molar-refractivity contribution < 1.29 is 4.39 Å². The minimum absolute atomic E-state index is 0. The Hall–Kier alpha value is -1.09. The third-order valence-electron chi connectivity index (χ3n) is 3.48. The molecule has 0 fully saturated rings. The molecule has 1 N–H and O–H groups in total. The highest BCUT2D eigenvalue weighted by Gasteiger charge is 2.09. The van der Waals surface area contributed by atoms with Gasteiger partial charge in [-0.1, -0.05) is 22.0 Å². The van der Waals surface area contributed by atoms with Crippen LogP contribution in [0.3, 0.4) is 0 Å². The second-order valence-electron chi connectivity index (χ2n) is 5.10. The first-order valence-electron chi connectivity index (χ1n) is 6.97. The zero-order chi connectivity index (χ0) is 16.1. The van der Waals surface area contributed by atoms with E-state index in [-0.39, 0.29) is 29.8 Å². The zero-order valence-electron chi connectivity index (χ0n) is 13.4. The van der Waals surface area contributed by atoms with Crippen LogP contribution in [0, 0.1) is 5.82 Å². The summed E-state index contributed by atoms with van der Waals surface area (Å²) in [6.45, 7) is 1.12. The van der Waals surface area contributed by atoms with Crippen molar-refractivity contribution >= 4 is 45.9 Å². The summed E-state index contributed by atoms with van der Waals surface area (Å²) < 4.78 is 16.6. The normalized spacial score (nSPS) is 11.1. The van der Waals surface area contributed by atoms with Gasteiger partial charge in [-0.15, -0.1) is 24.0 Å². The maximum atomic E-state index is 13.8. The first-order valence-corrected chi connectivity index (χ1v) is 7.76. The predicted octanol–water partition coefficient (Wildman–Crippen LogP) is 3.75. The van der Waals surface area contributed by atoms with Crippen molar-refractivity contribution in [2.24, 2.45) is 12.0 Å². The molecule has 1 aromatic carbocycles. The molecule has 126 valence electrons. The monoisotopic (exact) mass is 494 g/mol. The molecule has 2 rings (SSSR count). The molecule has 0 atom stereocenters. The molecule has 0 aliphatic carbocycles. The summed E-state index contributed by atoms with van der Waals surface area (Å²) in [5.74, 6) is 0.492. The van der Waals surface area contributed by atoms with E-state index in [0.717, 1.165) is 17.0 Å². The average molecular weight is 495 g/mol. The van der Waals surface area contributed by atoms with E-state index in [1.165, 1.54) is 11.8 Å². The van der Waals surface area contributed by atoms with E-state index in [0.29, 0.717) is 12.1 Å². The fraction of sp³-hybridized carbons (Fsp3) is 0.312. The molecule has 0 bridgehead atoms. The number of hydrogen-bond acceptors (Lipinski definition) is 1. The Bertz CT molecular complexity index is 672. The molecule has 0 spiro atoms. The summed E-state index contributed by atoms with van der Waals surface area (Å²) in [4.78, 5) is 6.26. The highest BCUT2D eigenvalue weighted by molar-refractivity contribution is 14.0. The van der Waals surface area contributed by atoms with Gasteiger partial charge in [-0.05, 0) is 24.3 Å². The first-order chi connectivity index (χ1) is 10.5. The number of nitrogens with zero attached hydrogens (tertiary/aromatic N) is 3. The van der Waals surface area contributed by atoms with Gasteiger partial charge in [0.2, 0.25) is 0 Å². The van der Waals surface area contributed by atoms with Crippen LogP contribution in [-0.4, -0.2) is 29.5 Å². The van der Waals surface area contributed by atoms with E-state index in [4.69, 9.17) is 0 Å². The molecule has 0 saturated heterocycles. The van der Waals surface area contributed by atoms with Crippen molar-refractivity contribution in [1.82, 2.24) is 14.8 Å². The molecule has 0 aliphatic heterocycles. The molecule has 4 nitrogen and oxygen atoms in total. The number of guanidine groups is 1. The molecular weight excluding hydrogens is 474 g/mol. The molecule has 0 saturated carbocycles. The minimum atomic E-state index is -0.234. The van der Waals surface area contributed by atoms with E-state index < -0.39 is 0 Å². The summed E-state index contributed by atoms with van der Waals surface area (Å²) in [6, 6.07) is 9.13. The second kappa shape index (κ2) is 9.27. The number of halogens is 3. The van der Waals surface area contributed by atoms with Crippen LogP contribution in [0.1, 0.15) is 11.3 Å². The van der Waals surface area contributed by atoms with Gasteiger partial charge in [-0.3, -0.25) is 4.99 Å². The molecule has 0 radical (unpaired) electrons. The Morgan fingerprint density at radius 2 is 2.13 bits per heavy atom. The van der Waals surface area contributed by atoms with E-state index >= 15 is 0 Å². The highest BCUT2D eigenvalue weighted by Crippen LogP contribution is 2.15. The molecule has 0 aliphatic rings. The molecule has 0 unspecified atom stereocenters. The second-order valence-corrected chi connectivity index (χ2v) is 6.02. The van der Waals surface area contributed by atoms with Crippen molar-refractivity contribution in [1.29, 1.82) is 0 Å². The van der Waals surface area contributed by atoms with Gasteiger partial charge >= 0.3 is 0 Å². The number of aliphatic imine (C=N–C) groups is 1. The third-order valence-corrected chi connectivity index (χ3v) is 3.97. The number of nitrogens with one attached hydrogen (secondary N) is 1. The summed E-state index contributed by atoms with van der Waals surface area (Å²) in [7, 11) is 5.69. The first kappa shape index (κ1) is 20.0. The van der Waals surface area contributed by atoms with Gasteiger partial charge in [0.1, 0.15) is 5.82 Å². The van der Waals surface area contributed by atoms with Gasteiger partial charge in [0.05, 0.1) is 6.54 Å². The van der Waals surface area contributed by atoms with Crippen molar-refractivity contribution in [2.75, 3.05) is 14.1 Å². The molecule has 1 aromatic heterocycles. The fourth-order valence-corrected chi connectivity index (χ4v) is 2.54. The van der Waals surface area contributed by atoms with Crippen molar-refractivity contribution in [3.05, 3.63) is 58.1 Å². The van der Waals surface area contributed by atoms with Crippen LogP contribution in [-0.2, 0) is 20.1 Å². The van der Waals surface area contributed by atoms with E-state index in [1.807, 2.05) is 37.3 Å². The van der Waals surface area contributed by atoms with Crippen molar-refractivity contribution in [3.8, 4) is 0 Å². The fourth-order valence-electron chi connectivity index (χ4n) is 2.20. The Kier molecular flexibility index (Phi) is 8.04. The molecular formula is C16H21BrFIN4. The van der Waals surface area contributed by atoms with Gasteiger partial charge in [-0.2, -0.15) is 0 Å². The third kappa shape index (κ3) is 5.49. The number of aromatic nitrogens is 1. The topological polar surface area (TPSA) is 32.6 Å². The quantitative estimate of drug-likeness (QED) is 0.399. The lowest BCUT2D eigenvalue weighted by molar-refractivity contribution is 0.460. The zero-order valence-corrected chi connectivity index (χ0v) is 17.3. The van der Waals surface area contributed by atoms with Gasteiger partial charge in [0.25, 0.3) is 0 Å². The average Bonchev–Trinajstić information content (AvgIpc) is 2.87. The number of hydrogen-bond donors (Lipinski definition) is 1. The molecule has 23 heavy (non-hydrogen) atoms. The van der Waals surface area contributed by atoms with Crippen LogP contribution in [0.5, 0.6) is 0 Å². The Morgan fingerprint density at radius 3 is 2.70 bits per heavy atom. The van der Waals surface area contributed by atoms with E-state index in [1.54, 1.807) is 13.1 Å². The van der Waals surface area contributed by atoms with Gasteiger partial charge < -0.3 is 14.8 Å². The summed E-state index contributed by atoms with van der Waals surface area (Å²) in [5.41, 5.74) is 1.79. The maximum Gasteiger partial charge on any atom is 0.194 e. The lowest BCUT2D eigenvalue weighted by Crippen LogP contribution is -2.38. The lowest BCUT2D eigenvalue weighted by atomic mass is 10.2. The number of rotatable bonds is 4. The van der Waals surface area contributed by atoms with E-state index in [9.17, 15) is 4.39 Å². The lowest BCUT2D eigenvalue weighted by Gasteiger charge is -2.22. The molecule has 7 heteroatoms. The minimum Gasteiger partial charge on any atom is -0.353 e. The maximum absolute atomic E-state index is 13.8. The highest BCUT2D eigenvalue weighted by atomic mass is 127. The Balaban J connectivity index is 0.00000264. The largest absolute Gasteiger partial charge is 0.353 e. The summed E-state index contributed by atoms with van der Waals surface area (Å²) in [6.07, 6.45) is 2.01. The summed E-state index contributed by atoms with van der Waals surface area (Å²) >= 11 is 3.26. The van der Waals surface area contributed by atoms with Crippen LogP contribution < -0.4 is 5.32 Å². The van der Waals surface area contributed by atoms with Gasteiger partial charge in [0, 0.05) is 49.6 Å².